The Bertz CT molecular complexity index is 1290. The second kappa shape index (κ2) is 8.41. The third kappa shape index (κ3) is 4.26. The summed E-state index contributed by atoms with van der Waals surface area (Å²) in [5.74, 6) is 0.149. The maximum Gasteiger partial charge on any atom is 0.261 e. The van der Waals surface area contributed by atoms with Crippen LogP contribution in [-0.2, 0) is 22.9 Å². The number of methoxy groups -OCH3 is 1. The van der Waals surface area contributed by atoms with E-state index in [4.69, 9.17) is 4.74 Å². The van der Waals surface area contributed by atoms with Crippen LogP contribution in [0.2, 0.25) is 0 Å². The molecule has 0 saturated heterocycles. The lowest BCUT2D eigenvalue weighted by molar-refractivity contribution is 0.102. The summed E-state index contributed by atoms with van der Waals surface area (Å²) < 4.78 is 32.8. The molecule has 1 aromatic heterocycles. The van der Waals surface area contributed by atoms with Crippen molar-refractivity contribution < 1.29 is 17.9 Å². The van der Waals surface area contributed by atoms with Gasteiger partial charge in [0.05, 0.1) is 17.6 Å². The largest absolute Gasteiger partial charge is 0.497 e. The van der Waals surface area contributed by atoms with Gasteiger partial charge in [0, 0.05) is 16.1 Å². The van der Waals surface area contributed by atoms with Gasteiger partial charge in [-0.05, 0) is 67.3 Å². The summed E-state index contributed by atoms with van der Waals surface area (Å²) in [7, 11) is -2.32. The number of carbonyl (C=O) groups is 1. The number of nitriles is 1. The second-order valence-corrected chi connectivity index (χ2v) is 9.78. The second-order valence-electron chi connectivity index (χ2n) is 6.99. The van der Waals surface area contributed by atoms with Crippen molar-refractivity contribution >= 4 is 38.0 Å². The number of nitrogens with one attached hydrogen (secondary N) is 2. The first-order valence-corrected chi connectivity index (χ1v) is 11.8. The molecule has 2 N–H and O–H groups in total. The highest BCUT2D eigenvalue weighted by Crippen LogP contribution is 2.38. The normalized spacial score (nSPS) is 12.6. The van der Waals surface area contributed by atoms with E-state index >= 15 is 0 Å². The van der Waals surface area contributed by atoms with E-state index in [1.807, 2.05) is 0 Å². The van der Waals surface area contributed by atoms with Crippen LogP contribution < -0.4 is 14.8 Å². The van der Waals surface area contributed by atoms with Gasteiger partial charge in [-0.25, -0.2) is 8.42 Å². The number of amides is 1. The van der Waals surface area contributed by atoms with E-state index in [9.17, 15) is 18.5 Å². The lowest BCUT2D eigenvalue weighted by Crippen LogP contribution is -2.15. The van der Waals surface area contributed by atoms with Crippen LogP contribution in [0.5, 0.6) is 5.75 Å². The Labute approximate surface area is 184 Å². The zero-order valence-corrected chi connectivity index (χ0v) is 18.3. The Hall–Kier alpha value is -3.35. The molecule has 1 aliphatic carbocycles. The fourth-order valence-electron chi connectivity index (χ4n) is 3.48. The lowest BCUT2D eigenvalue weighted by atomic mass is 10.1. The highest BCUT2D eigenvalue weighted by Gasteiger charge is 2.23. The molecule has 7 nitrogen and oxygen atoms in total. The number of hydrogen-bond acceptors (Lipinski definition) is 6. The molecule has 158 valence electrons. The molecule has 0 atom stereocenters. The van der Waals surface area contributed by atoms with E-state index in [0.29, 0.717) is 16.3 Å². The summed E-state index contributed by atoms with van der Waals surface area (Å²) in [6.07, 6.45) is 2.81. The molecular weight excluding hydrogens is 434 g/mol. The predicted octanol–water partition coefficient (Wildman–Crippen LogP) is 4.17. The Morgan fingerprint density at radius 2 is 1.94 bits per heavy atom. The monoisotopic (exact) mass is 453 g/mol. The topological polar surface area (TPSA) is 108 Å². The average Bonchev–Trinajstić information content (AvgIpc) is 3.34. The van der Waals surface area contributed by atoms with E-state index in [-0.39, 0.29) is 16.1 Å². The third-order valence-electron chi connectivity index (χ3n) is 5.01. The van der Waals surface area contributed by atoms with Gasteiger partial charge in [-0.3, -0.25) is 9.52 Å². The fraction of sp³-hybridized carbons (Fsp3) is 0.182. The van der Waals surface area contributed by atoms with Crippen LogP contribution in [0.4, 0.5) is 10.7 Å². The van der Waals surface area contributed by atoms with Crippen LogP contribution in [0.3, 0.4) is 0 Å². The van der Waals surface area contributed by atoms with Crippen LogP contribution in [0.25, 0.3) is 0 Å². The van der Waals surface area contributed by atoms with Gasteiger partial charge >= 0.3 is 0 Å². The Morgan fingerprint density at radius 3 is 2.65 bits per heavy atom. The first kappa shape index (κ1) is 20.9. The summed E-state index contributed by atoms with van der Waals surface area (Å²) in [5.41, 5.74) is 2.11. The van der Waals surface area contributed by atoms with Gasteiger partial charge in [0.1, 0.15) is 16.8 Å². The molecule has 0 unspecified atom stereocenters. The molecule has 1 heterocycles. The Morgan fingerprint density at radius 1 is 1.16 bits per heavy atom. The number of benzene rings is 2. The number of sulfonamides is 1. The van der Waals surface area contributed by atoms with Crippen LogP contribution in [-0.4, -0.2) is 21.4 Å². The van der Waals surface area contributed by atoms with Crippen LogP contribution >= 0.6 is 11.3 Å². The van der Waals surface area contributed by atoms with E-state index in [1.165, 1.54) is 36.6 Å². The van der Waals surface area contributed by atoms with Crippen molar-refractivity contribution in [2.24, 2.45) is 0 Å². The first-order chi connectivity index (χ1) is 14.9. The average molecular weight is 454 g/mol. The summed E-state index contributed by atoms with van der Waals surface area (Å²) in [4.78, 5) is 14.0. The molecule has 9 heteroatoms. The molecule has 1 aliphatic rings. The predicted molar refractivity (Wildman–Crippen MR) is 119 cm³/mol. The van der Waals surface area contributed by atoms with Crippen molar-refractivity contribution in [3.8, 4) is 11.8 Å². The van der Waals surface area contributed by atoms with Crippen molar-refractivity contribution in [2.45, 2.75) is 24.2 Å². The number of thiophene rings is 1. The van der Waals surface area contributed by atoms with Crippen molar-refractivity contribution in [3.05, 3.63) is 70.1 Å². The summed E-state index contributed by atoms with van der Waals surface area (Å²) in [6, 6.07) is 14.4. The molecule has 0 fully saturated rings. The van der Waals surface area contributed by atoms with Gasteiger partial charge in [-0.2, -0.15) is 5.26 Å². The lowest BCUT2D eigenvalue weighted by Gasteiger charge is -2.10. The highest BCUT2D eigenvalue weighted by molar-refractivity contribution is 7.92. The number of nitrogens with zero attached hydrogens (tertiary/aromatic N) is 1. The molecular formula is C22H19N3O4S2. The minimum atomic E-state index is -3.83. The summed E-state index contributed by atoms with van der Waals surface area (Å²) in [6.45, 7) is 0. The van der Waals surface area contributed by atoms with E-state index in [0.717, 1.165) is 29.7 Å². The number of rotatable bonds is 6. The summed E-state index contributed by atoms with van der Waals surface area (Å²) >= 11 is 1.43. The number of hydrogen-bond donors (Lipinski definition) is 2. The van der Waals surface area contributed by atoms with Gasteiger partial charge in [0.2, 0.25) is 0 Å². The first-order valence-electron chi connectivity index (χ1n) is 9.54. The van der Waals surface area contributed by atoms with Gasteiger partial charge in [0.15, 0.2) is 0 Å². The number of fused-ring (bicyclic) bond motifs is 1. The number of anilines is 2. The molecule has 0 radical (unpaired) electrons. The highest BCUT2D eigenvalue weighted by atomic mass is 32.2. The quantitative estimate of drug-likeness (QED) is 0.582. The van der Waals surface area contributed by atoms with Gasteiger partial charge in [-0.1, -0.05) is 6.07 Å². The van der Waals surface area contributed by atoms with Crippen molar-refractivity contribution in [2.75, 3.05) is 17.1 Å². The summed E-state index contributed by atoms with van der Waals surface area (Å²) in [5, 5.41) is 12.8. The molecule has 2 aromatic carbocycles. The molecule has 0 saturated carbocycles. The van der Waals surface area contributed by atoms with Crippen molar-refractivity contribution in [1.82, 2.24) is 0 Å². The third-order valence-corrected chi connectivity index (χ3v) is 7.61. The van der Waals surface area contributed by atoms with Gasteiger partial charge in [0.25, 0.3) is 15.9 Å². The van der Waals surface area contributed by atoms with Crippen LogP contribution in [0, 0.1) is 11.3 Å². The Balaban J connectivity index is 1.53. The van der Waals surface area contributed by atoms with Crippen LogP contribution in [0.1, 0.15) is 32.8 Å². The van der Waals surface area contributed by atoms with E-state index in [2.05, 4.69) is 16.1 Å². The zero-order valence-electron chi connectivity index (χ0n) is 16.6. The molecule has 4 rings (SSSR count). The maximum absolute atomic E-state index is 12.8. The van der Waals surface area contributed by atoms with Gasteiger partial charge < -0.3 is 10.1 Å². The number of ether oxygens (including phenoxy) is 1. The molecule has 0 aliphatic heterocycles. The Kier molecular flexibility index (Phi) is 5.67. The molecule has 1 amide bonds. The van der Waals surface area contributed by atoms with Crippen LogP contribution in [0.15, 0.2) is 53.4 Å². The number of carbonyl (C=O) groups excluding carboxylic acids is 1. The molecule has 31 heavy (non-hydrogen) atoms. The fourth-order valence-corrected chi connectivity index (χ4v) is 5.76. The molecule has 0 bridgehead atoms. The molecule has 0 spiro atoms. The smallest absolute Gasteiger partial charge is 0.261 e. The molecule has 3 aromatic rings. The van der Waals surface area contributed by atoms with Gasteiger partial charge in [-0.15, -0.1) is 11.3 Å². The standard InChI is InChI=1S/C22H19N3O4S2/c1-29-16-8-10-17(11-9-16)31(27,28)25-15-5-2-4-14(12-15)21(26)24-22-19(13-23)18-6-3-7-20(18)30-22/h2,4-5,8-12,25H,3,6-7H2,1H3,(H,24,26). The maximum atomic E-state index is 12.8. The van der Waals surface area contributed by atoms with E-state index < -0.39 is 15.9 Å². The minimum Gasteiger partial charge on any atom is -0.497 e. The zero-order chi connectivity index (χ0) is 22.0. The van der Waals surface area contributed by atoms with Crippen molar-refractivity contribution in [1.29, 1.82) is 5.26 Å². The van der Waals surface area contributed by atoms with E-state index in [1.54, 1.807) is 30.3 Å². The van der Waals surface area contributed by atoms with Crippen molar-refractivity contribution in [3.63, 3.8) is 0 Å². The number of aryl methyl sites for hydroxylation is 1. The minimum absolute atomic E-state index is 0.0786. The SMILES string of the molecule is COc1ccc(S(=O)(=O)Nc2cccc(C(=O)Nc3sc4c(c3C#N)CCC4)c2)cc1.